The van der Waals surface area contributed by atoms with Crippen LogP contribution >= 0.6 is 11.6 Å². The van der Waals surface area contributed by atoms with E-state index in [4.69, 9.17) is 21.1 Å². The monoisotopic (exact) mass is 252 g/mol. The summed E-state index contributed by atoms with van der Waals surface area (Å²) in [6, 6.07) is 9.34. The number of nitrogens with zero attached hydrogens (tertiary/aromatic N) is 2. The minimum Gasteiger partial charge on any atom is -0.350 e. The van der Waals surface area contributed by atoms with E-state index in [1.165, 1.54) is 0 Å². The van der Waals surface area contributed by atoms with Crippen molar-refractivity contribution in [1.82, 2.24) is 9.78 Å². The normalized spacial score (nSPS) is 11.1. The quantitative estimate of drug-likeness (QED) is 0.785. The fourth-order valence-electron chi connectivity index (χ4n) is 1.57. The van der Waals surface area contributed by atoms with Gasteiger partial charge in [-0.1, -0.05) is 23.7 Å². The molecule has 0 atom stereocenters. The lowest BCUT2D eigenvalue weighted by Gasteiger charge is -2.10. The fraction of sp³-hybridized carbons (Fsp3) is 0.250. The molecule has 0 radical (unpaired) electrons. The van der Waals surface area contributed by atoms with E-state index in [1.807, 2.05) is 36.5 Å². The Morgan fingerprint density at radius 2 is 1.88 bits per heavy atom. The van der Waals surface area contributed by atoms with Crippen molar-refractivity contribution in [2.24, 2.45) is 0 Å². The summed E-state index contributed by atoms with van der Waals surface area (Å²) in [6.45, 7) is 0. The first-order chi connectivity index (χ1) is 8.26. The maximum absolute atomic E-state index is 6.09. The van der Waals surface area contributed by atoms with Crippen LogP contribution in [0.3, 0.4) is 0 Å². The Bertz CT molecular complexity index is 495. The Morgan fingerprint density at radius 1 is 1.18 bits per heavy atom. The van der Waals surface area contributed by atoms with Crippen molar-refractivity contribution in [3.8, 4) is 5.69 Å². The van der Waals surface area contributed by atoms with Crippen LogP contribution in [-0.2, 0) is 9.47 Å². The first-order valence-electron chi connectivity index (χ1n) is 5.12. The highest BCUT2D eigenvalue weighted by Crippen LogP contribution is 2.21. The fourth-order valence-corrected chi connectivity index (χ4v) is 1.80. The van der Waals surface area contributed by atoms with Gasteiger partial charge < -0.3 is 9.47 Å². The molecule has 0 aliphatic heterocycles. The lowest BCUT2D eigenvalue weighted by molar-refractivity contribution is -0.108. The molecule has 1 aromatic heterocycles. The zero-order valence-electron chi connectivity index (χ0n) is 9.63. The maximum atomic E-state index is 6.09. The minimum absolute atomic E-state index is 0.460. The first-order valence-corrected chi connectivity index (χ1v) is 5.50. The molecule has 0 aliphatic carbocycles. The van der Waals surface area contributed by atoms with Crippen LogP contribution in [0.4, 0.5) is 0 Å². The van der Waals surface area contributed by atoms with Crippen LogP contribution in [0.25, 0.3) is 5.69 Å². The van der Waals surface area contributed by atoms with Crippen molar-refractivity contribution in [2.45, 2.75) is 6.29 Å². The van der Waals surface area contributed by atoms with Gasteiger partial charge >= 0.3 is 0 Å². The number of benzene rings is 1. The molecule has 0 aliphatic rings. The summed E-state index contributed by atoms with van der Waals surface area (Å²) in [7, 11) is 3.14. The van der Waals surface area contributed by atoms with Gasteiger partial charge in [-0.3, -0.25) is 0 Å². The summed E-state index contributed by atoms with van der Waals surface area (Å²) in [6.07, 6.45) is 1.36. The average molecular weight is 253 g/mol. The lowest BCUT2D eigenvalue weighted by Crippen LogP contribution is -2.05. The third kappa shape index (κ3) is 2.49. The Kier molecular flexibility index (Phi) is 3.78. The molecule has 0 fully saturated rings. The SMILES string of the molecule is COC(OC)c1ccn(-c2ccccc2Cl)n1. The number of ether oxygens (including phenoxy) is 2. The molecule has 0 amide bonds. The zero-order chi connectivity index (χ0) is 12.3. The number of halogens is 1. The van der Waals surface area contributed by atoms with Gasteiger partial charge in [0.1, 0.15) is 5.69 Å². The standard InChI is InChI=1S/C12H13ClN2O2/c1-16-12(17-2)10-7-8-15(14-10)11-6-4-3-5-9(11)13/h3-8,12H,1-2H3. The molecule has 5 heteroatoms. The highest BCUT2D eigenvalue weighted by molar-refractivity contribution is 6.32. The molecule has 4 nitrogen and oxygen atoms in total. The Morgan fingerprint density at radius 3 is 2.53 bits per heavy atom. The smallest absolute Gasteiger partial charge is 0.202 e. The second-order valence-corrected chi connectivity index (χ2v) is 3.85. The van der Waals surface area contributed by atoms with Gasteiger partial charge in [-0.05, 0) is 18.2 Å². The molecule has 17 heavy (non-hydrogen) atoms. The summed E-state index contributed by atoms with van der Waals surface area (Å²) in [5.41, 5.74) is 1.53. The minimum atomic E-state index is -0.460. The number of hydrogen-bond donors (Lipinski definition) is 0. The predicted molar refractivity (Wildman–Crippen MR) is 65.3 cm³/mol. The summed E-state index contributed by atoms with van der Waals surface area (Å²) >= 11 is 6.09. The van der Waals surface area contributed by atoms with Crippen LogP contribution in [0.5, 0.6) is 0 Å². The van der Waals surface area contributed by atoms with Gasteiger partial charge in [-0.25, -0.2) is 4.68 Å². The van der Waals surface area contributed by atoms with E-state index in [9.17, 15) is 0 Å². The van der Waals surface area contributed by atoms with Gasteiger partial charge in [0.05, 0.1) is 10.7 Å². The molecule has 0 saturated carbocycles. The lowest BCUT2D eigenvalue weighted by atomic mass is 10.3. The summed E-state index contributed by atoms with van der Waals surface area (Å²) in [5.74, 6) is 0. The Labute approximate surface area is 105 Å². The van der Waals surface area contributed by atoms with Gasteiger partial charge in [-0.15, -0.1) is 0 Å². The number of hydrogen-bond acceptors (Lipinski definition) is 3. The number of rotatable bonds is 4. The van der Waals surface area contributed by atoms with Crippen molar-refractivity contribution in [1.29, 1.82) is 0 Å². The number of aromatic nitrogens is 2. The molecule has 1 heterocycles. The molecule has 0 N–H and O–H groups in total. The summed E-state index contributed by atoms with van der Waals surface area (Å²) < 4.78 is 12.0. The third-order valence-corrected chi connectivity index (χ3v) is 2.70. The maximum Gasteiger partial charge on any atom is 0.202 e. The third-order valence-electron chi connectivity index (χ3n) is 2.38. The van der Waals surface area contributed by atoms with Crippen molar-refractivity contribution >= 4 is 11.6 Å². The van der Waals surface area contributed by atoms with Crippen LogP contribution in [-0.4, -0.2) is 24.0 Å². The van der Waals surface area contributed by atoms with E-state index in [2.05, 4.69) is 5.10 Å². The zero-order valence-corrected chi connectivity index (χ0v) is 10.4. The van der Waals surface area contributed by atoms with Crippen LogP contribution in [0.1, 0.15) is 12.0 Å². The van der Waals surface area contributed by atoms with E-state index in [0.29, 0.717) is 10.7 Å². The number of methoxy groups -OCH3 is 2. The van der Waals surface area contributed by atoms with Gasteiger partial charge in [0, 0.05) is 20.4 Å². The van der Waals surface area contributed by atoms with Gasteiger partial charge in [0.2, 0.25) is 6.29 Å². The van der Waals surface area contributed by atoms with Crippen molar-refractivity contribution < 1.29 is 9.47 Å². The van der Waals surface area contributed by atoms with Crippen molar-refractivity contribution in [3.63, 3.8) is 0 Å². The molecule has 90 valence electrons. The first kappa shape index (κ1) is 12.1. The number of para-hydroxylation sites is 1. The van der Waals surface area contributed by atoms with Gasteiger partial charge in [0.25, 0.3) is 0 Å². The summed E-state index contributed by atoms with van der Waals surface area (Å²) in [5, 5.41) is 5.01. The molecule has 1 aromatic carbocycles. The molecule has 2 rings (SSSR count). The highest BCUT2D eigenvalue weighted by atomic mass is 35.5. The van der Waals surface area contributed by atoms with E-state index in [1.54, 1.807) is 18.9 Å². The van der Waals surface area contributed by atoms with Crippen LogP contribution < -0.4 is 0 Å². The topological polar surface area (TPSA) is 36.3 Å². The van der Waals surface area contributed by atoms with Gasteiger partial charge in [-0.2, -0.15) is 5.10 Å². The van der Waals surface area contributed by atoms with Crippen LogP contribution in [0.2, 0.25) is 5.02 Å². The predicted octanol–water partition coefficient (Wildman–Crippen LogP) is 2.82. The van der Waals surface area contributed by atoms with E-state index in [-0.39, 0.29) is 0 Å². The second-order valence-electron chi connectivity index (χ2n) is 3.44. The molecular weight excluding hydrogens is 240 g/mol. The molecular formula is C12H13ClN2O2. The van der Waals surface area contributed by atoms with Crippen LogP contribution in [0.15, 0.2) is 36.5 Å². The largest absolute Gasteiger partial charge is 0.350 e. The van der Waals surface area contributed by atoms with E-state index in [0.717, 1.165) is 5.69 Å². The highest BCUT2D eigenvalue weighted by Gasteiger charge is 2.13. The molecule has 0 bridgehead atoms. The van der Waals surface area contributed by atoms with Gasteiger partial charge in [0.15, 0.2) is 0 Å². The van der Waals surface area contributed by atoms with Crippen molar-refractivity contribution in [3.05, 3.63) is 47.2 Å². The van der Waals surface area contributed by atoms with E-state index < -0.39 is 6.29 Å². The molecule has 0 saturated heterocycles. The average Bonchev–Trinajstić information content (AvgIpc) is 2.81. The Balaban J connectivity index is 2.33. The Hall–Kier alpha value is -1.36. The molecule has 0 unspecified atom stereocenters. The van der Waals surface area contributed by atoms with Crippen molar-refractivity contribution in [2.75, 3.05) is 14.2 Å². The second kappa shape index (κ2) is 5.31. The van der Waals surface area contributed by atoms with Crippen LogP contribution in [0, 0.1) is 0 Å². The summed E-state index contributed by atoms with van der Waals surface area (Å²) in [4.78, 5) is 0. The molecule has 2 aromatic rings. The molecule has 0 spiro atoms. The van der Waals surface area contributed by atoms with E-state index >= 15 is 0 Å².